The summed E-state index contributed by atoms with van der Waals surface area (Å²) >= 11 is 0. The average molecular weight is 459 g/mol. The molecule has 1 atom stereocenters. The molecule has 1 fully saturated rings. The standard InChI is InChI=1S/C25H26N6O3/c1-29(2)17-11-13-30(16-17)24(32)19-15-27-31(23(19)22-9-6-14-34-22)25-26-12-10-20(28-25)18-7-4-5-8-21(18)33-3/h4-10,12,14-15,17H,11,13,16H2,1-3H3/t17-/m0/s1. The maximum Gasteiger partial charge on any atom is 0.257 e. The maximum absolute atomic E-state index is 13.5. The first-order chi connectivity index (χ1) is 16.6. The Kier molecular flexibility index (Phi) is 5.85. The minimum absolute atomic E-state index is 0.0807. The quantitative estimate of drug-likeness (QED) is 0.438. The lowest BCUT2D eigenvalue weighted by atomic mass is 10.1. The third-order valence-electron chi connectivity index (χ3n) is 6.15. The van der Waals surface area contributed by atoms with Crippen molar-refractivity contribution >= 4 is 5.91 Å². The van der Waals surface area contributed by atoms with Gasteiger partial charge in [0.15, 0.2) is 5.76 Å². The number of ether oxygens (including phenoxy) is 1. The van der Waals surface area contributed by atoms with Gasteiger partial charge in [-0.05, 0) is 50.8 Å². The van der Waals surface area contributed by atoms with Gasteiger partial charge in [0.2, 0.25) is 0 Å². The largest absolute Gasteiger partial charge is 0.496 e. The molecule has 0 N–H and O–H groups in total. The van der Waals surface area contributed by atoms with Crippen LogP contribution in [-0.2, 0) is 0 Å². The summed E-state index contributed by atoms with van der Waals surface area (Å²) in [6.07, 6.45) is 5.75. The molecule has 0 aliphatic carbocycles. The fourth-order valence-electron chi connectivity index (χ4n) is 4.28. The fraction of sp³-hybridized carbons (Fsp3) is 0.280. The monoisotopic (exact) mass is 458 g/mol. The Bertz CT molecular complexity index is 1300. The van der Waals surface area contributed by atoms with Gasteiger partial charge in [0.1, 0.15) is 11.4 Å². The number of benzene rings is 1. The van der Waals surface area contributed by atoms with E-state index in [4.69, 9.17) is 14.1 Å². The van der Waals surface area contributed by atoms with Gasteiger partial charge >= 0.3 is 0 Å². The van der Waals surface area contributed by atoms with E-state index in [1.807, 2.05) is 49.3 Å². The highest BCUT2D eigenvalue weighted by atomic mass is 16.5. The van der Waals surface area contributed by atoms with Crippen LogP contribution in [0.25, 0.3) is 28.7 Å². The number of para-hydroxylation sites is 1. The van der Waals surface area contributed by atoms with Crippen molar-refractivity contribution in [3.05, 3.63) is 66.7 Å². The van der Waals surface area contributed by atoms with Crippen LogP contribution in [0.1, 0.15) is 16.8 Å². The summed E-state index contributed by atoms with van der Waals surface area (Å²) in [5.74, 6) is 1.49. The van der Waals surface area contributed by atoms with Gasteiger partial charge in [-0.2, -0.15) is 9.78 Å². The van der Waals surface area contributed by atoms with Gasteiger partial charge in [-0.25, -0.2) is 9.97 Å². The molecule has 0 bridgehead atoms. The Hall–Kier alpha value is -3.98. The summed E-state index contributed by atoms with van der Waals surface area (Å²) < 4.78 is 12.7. The second-order valence-corrected chi connectivity index (χ2v) is 8.40. The molecule has 1 aliphatic rings. The van der Waals surface area contributed by atoms with Crippen LogP contribution in [0, 0.1) is 0 Å². The molecule has 0 unspecified atom stereocenters. The summed E-state index contributed by atoms with van der Waals surface area (Å²) in [7, 11) is 5.70. The number of carbonyl (C=O) groups is 1. The molecule has 0 saturated carbocycles. The van der Waals surface area contributed by atoms with E-state index in [0.717, 1.165) is 12.0 Å². The number of hydrogen-bond donors (Lipinski definition) is 0. The van der Waals surface area contributed by atoms with E-state index in [2.05, 4.69) is 15.0 Å². The number of amides is 1. The second-order valence-electron chi connectivity index (χ2n) is 8.40. The molecule has 34 heavy (non-hydrogen) atoms. The van der Waals surface area contributed by atoms with E-state index >= 15 is 0 Å². The van der Waals surface area contributed by atoms with Crippen molar-refractivity contribution in [2.75, 3.05) is 34.3 Å². The van der Waals surface area contributed by atoms with Gasteiger partial charge in [0, 0.05) is 30.9 Å². The highest BCUT2D eigenvalue weighted by Crippen LogP contribution is 2.31. The molecule has 0 radical (unpaired) electrons. The topological polar surface area (TPSA) is 89.5 Å². The number of furan rings is 1. The van der Waals surface area contributed by atoms with Gasteiger partial charge in [-0.15, -0.1) is 0 Å². The van der Waals surface area contributed by atoms with Crippen molar-refractivity contribution in [1.29, 1.82) is 0 Å². The van der Waals surface area contributed by atoms with Crippen LogP contribution in [0.4, 0.5) is 0 Å². The van der Waals surface area contributed by atoms with Gasteiger partial charge in [-0.1, -0.05) is 12.1 Å². The van der Waals surface area contributed by atoms with Crippen LogP contribution < -0.4 is 4.74 Å². The minimum Gasteiger partial charge on any atom is -0.496 e. The average Bonchev–Trinajstić information content (AvgIpc) is 3.63. The SMILES string of the molecule is COc1ccccc1-c1ccnc(-n2ncc(C(=O)N3CC[C@H](N(C)C)C3)c2-c2ccco2)n1. The van der Waals surface area contributed by atoms with E-state index in [1.54, 1.807) is 42.6 Å². The third-order valence-corrected chi connectivity index (χ3v) is 6.15. The molecular formula is C25H26N6O3. The van der Waals surface area contributed by atoms with Crippen LogP contribution in [0.3, 0.4) is 0 Å². The predicted octanol–water partition coefficient (Wildman–Crippen LogP) is 3.37. The summed E-state index contributed by atoms with van der Waals surface area (Å²) in [4.78, 5) is 26.7. The Morgan fingerprint density at radius 2 is 2.03 bits per heavy atom. The molecular weight excluding hydrogens is 432 g/mol. The zero-order valence-corrected chi connectivity index (χ0v) is 19.4. The molecule has 3 aromatic heterocycles. The molecule has 1 amide bonds. The lowest BCUT2D eigenvalue weighted by Crippen LogP contribution is -2.34. The number of nitrogens with zero attached hydrogens (tertiary/aromatic N) is 6. The predicted molar refractivity (Wildman–Crippen MR) is 127 cm³/mol. The molecule has 4 heterocycles. The number of likely N-dealkylation sites (N-methyl/N-ethyl adjacent to an activating group) is 1. The van der Waals surface area contributed by atoms with Crippen LogP contribution in [0.5, 0.6) is 5.75 Å². The van der Waals surface area contributed by atoms with E-state index < -0.39 is 0 Å². The summed E-state index contributed by atoms with van der Waals surface area (Å²) in [6.45, 7) is 1.37. The molecule has 4 aromatic rings. The third kappa shape index (κ3) is 3.94. The first-order valence-electron chi connectivity index (χ1n) is 11.1. The highest BCUT2D eigenvalue weighted by molar-refractivity contribution is 5.99. The Balaban J connectivity index is 1.56. The van der Waals surface area contributed by atoms with Crippen LogP contribution in [-0.4, -0.2) is 75.8 Å². The Labute approximate surface area is 197 Å². The summed E-state index contributed by atoms with van der Waals surface area (Å²) in [6, 6.07) is 13.4. The van der Waals surface area contributed by atoms with Crippen molar-refractivity contribution in [2.24, 2.45) is 0 Å². The van der Waals surface area contributed by atoms with E-state index in [0.29, 0.717) is 53.5 Å². The molecule has 1 aromatic carbocycles. The lowest BCUT2D eigenvalue weighted by Gasteiger charge is -2.20. The normalized spacial score (nSPS) is 15.8. The fourth-order valence-corrected chi connectivity index (χ4v) is 4.28. The summed E-state index contributed by atoms with van der Waals surface area (Å²) in [5, 5.41) is 4.51. The lowest BCUT2D eigenvalue weighted by molar-refractivity contribution is 0.0783. The van der Waals surface area contributed by atoms with Crippen molar-refractivity contribution in [1.82, 2.24) is 29.5 Å². The van der Waals surface area contributed by atoms with Crippen molar-refractivity contribution in [3.63, 3.8) is 0 Å². The molecule has 174 valence electrons. The van der Waals surface area contributed by atoms with Gasteiger partial charge < -0.3 is 19.0 Å². The summed E-state index contributed by atoms with van der Waals surface area (Å²) in [5.41, 5.74) is 2.51. The van der Waals surface area contributed by atoms with Gasteiger partial charge in [-0.3, -0.25) is 4.79 Å². The van der Waals surface area contributed by atoms with Gasteiger partial charge in [0.25, 0.3) is 11.9 Å². The molecule has 1 aliphatic heterocycles. The smallest absolute Gasteiger partial charge is 0.257 e. The Morgan fingerprint density at radius 3 is 2.76 bits per heavy atom. The minimum atomic E-state index is -0.0807. The number of methoxy groups -OCH3 is 1. The molecule has 5 rings (SSSR count). The molecule has 9 heteroatoms. The maximum atomic E-state index is 13.5. The van der Waals surface area contributed by atoms with Crippen LogP contribution in [0.15, 0.2) is 65.5 Å². The highest BCUT2D eigenvalue weighted by Gasteiger charge is 2.32. The first-order valence-corrected chi connectivity index (χ1v) is 11.1. The van der Waals surface area contributed by atoms with E-state index in [1.165, 1.54) is 0 Å². The first kappa shape index (κ1) is 21.8. The number of rotatable bonds is 6. The van der Waals surface area contributed by atoms with Gasteiger partial charge in [0.05, 0.1) is 30.8 Å². The van der Waals surface area contributed by atoms with Crippen molar-refractivity contribution < 1.29 is 13.9 Å². The van der Waals surface area contributed by atoms with Crippen molar-refractivity contribution in [3.8, 4) is 34.4 Å². The zero-order chi connectivity index (χ0) is 23.7. The number of carbonyl (C=O) groups excluding carboxylic acids is 1. The molecule has 9 nitrogen and oxygen atoms in total. The van der Waals surface area contributed by atoms with Crippen molar-refractivity contribution in [2.45, 2.75) is 12.5 Å². The number of hydrogen-bond acceptors (Lipinski definition) is 7. The number of aromatic nitrogens is 4. The number of likely N-dealkylation sites (tertiary alicyclic amines) is 1. The molecule has 1 saturated heterocycles. The molecule has 0 spiro atoms. The van der Waals surface area contributed by atoms with Crippen LogP contribution >= 0.6 is 0 Å². The zero-order valence-electron chi connectivity index (χ0n) is 19.4. The second kappa shape index (κ2) is 9.11. The van der Waals surface area contributed by atoms with Crippen LogP contribution in [0.2, 0.25) is 0 Å². The van der Waals surface area contributed by atoms with E-state index in [9.17, 15) is 4.79 Å². The van der Waals surface area contributed by atoms with E-state index in [-0.39, 0.29) is 5.91 Å². The Morgan fingerprint density at radius 1 is 1.18 bits per heavy atom.